The molecule has 0 amide bonds. The van der Waals surface area contributed by atoms with Gasteiger partial charge in [0.15, 0.2) is 0 Å². The Morgan fingerprint density at radius 3 is 2.62 bits per heavy atom. The molecule has 0 bridgehead atoms. The predicted molar refractivity (Wildman–Crippen MR) is 70.1 cm³/mol. The van der Waals surface area contributed by atoms with Crippen LogP contribution in [0.1, 0.15) is 37.7 Å². The number of thioether (sulfide) groups is 1. The molecular weight excluding hydrogens is 240 g/mol. The van der Waals surface area contributed by atoms with Crippen LogP contribution in [0.4, 0.5) is 0 Å². The number of aliphatic hydroxyl groups is 1. The predicted octanol–water partition coefficient (Wildman–Crippen LogP) is 4.26. The lowest BCUT2D eigenvalue weighted by atomic mass is 10.0. The van der Waals surface area contributed by atoms with Crippen molar-refractivity contribution in [2.45, 2.75) is 48.9 Å². The molecule has 0 aliphatic heterocycles. The Morgan fingerprint density at radius 2 is 2.00 bits per heavy atom. The van der Waals surface area contributed by atoms with Crippen molar-refractivity contribution < 1.29 is 5.11 Å². The number of benzene rings is 1. The van der Waals surface area contributed by atoms with Crippen LogP contribution in [0, 0.1) is 0 Å². The zero-order valence-electron chi connectivity index (χ0n) is 9.29. The van der Waals surface area contributed by atoms with Crippen molar-refractivity contribution in [2.75, 3.05) is 0 Å². The van der Waals surface area contributed by atoms with Gasteiger partial charge < -0.3 is 5.11 Å². The number of hydrogen-bond donors (Lipinski definition) is 1. The first-order valence-corrected chi connectivity index (χ1v) is 7.11. The molecule has 3 heteroatoms. The van der Waals surface area contributed by atoms with Crippen molar-refractivity contribution in [3.8, 4) is 0 Å². The maximum Gasteiger partial charge on any atom is 0.0682 e. The Hall–Kier alpha value is -0.180. The quantitative estimate of drug-likeness (QED) is 0.872. The van der Waals surface area contributed by atoms with Gasteiger partial charge in [-0.1, -0.05) is 36.9 Å². The van der Waals surface area contributed by atoms with Gasteiger partial charge in [0.1, 0.15) is 0 Å². The van der Waals surface area contributed by atoms with E-state index in [1.807, 2.05) is 30.0 Å². The second-order valence-electron chi connectivity index (χ2n) is 4.30. The Morgan fingerprint density at radius 1 is 1.25 bits per heavy atom. The van der Waals surface area contributed by atoms with Crippen LogP contribution in [0.2, 0.25) is 5.02 Å². The standard InChI is InChI=1S/C13H17ClOS/c14-12-8-10(9-15)6-7-13(12)16-11-4-2-1-3-5-11/h6-8,11,15H,1-5,9H2. The summed E-state index contributed by atoms with van der Waals surface area (Å²) in [7, 11) is 0. The van der Waals surface area contributed by atoms with E-state index in [9.17, 15) is 0 Å². The molecule has 1 aliphatic rings. The number of hydrogen-bond acceptors (Lipinski definition) is 2. The van der Waals surface area contributed by atoms with Gasteiger partial charge in [0.25, 0.3) is 0 Å². The summed E-state index contributed by atoms with van der Waals surface area (Å²) >= 11 is 8.09. The number of aliphatic hydroxyl groups excluding tert-OH is 1. The Bertz CT molecular complexity index is 348. The zero-order valence-corrected chi connectivity index (χ0v) is 10.9. The molecule has 1 N–H and O–H groups in total. The minimum atomic E-state index is 0.0636. The van der Waals surface area contributed by atoms with Crippen molar-refractivity contribution in [3.05, 3.63) is 28.8 Å². The van der Waals surface area contributed by atoms with Crippen LogP contribution in [0.5, 0.6) is 0 Å². The molecule has 0 aromatic heterocycles. The van der Waals surface area contributed by atoms with E-state index >= 15 is 0 Å². The summed E-state index contributed by atoms with van der Waals surface area (Å²) in [6, 6.07) is 5.86. The van der Waals surface area contributed by atoms with Crippen LogP contribution in [0.15, 0.2) is 23.1 Å². The highest BCUT2D eigenvalue weighted by atomic mass is 35.5. The molecule has 0 heterocycles. The van der Waals surface area contributed by atoms with Crippen molar-refractivity contribution >= 4 is 23.4 Å². The molecule has 0 spiro atoms. The molecule has 88 valence electrons. The van der Waals surface area contributed by atoms with Crippen LogP contribution in [-0.4, -0.2) is 10.4 Å². The molecule has 0 atom stereocenters. The van der Waals surface area contributed by atoms with Crippen LogP contribution < -0.4 is 0 Å². The molecule has 0 radical (unpaired) electrons. The van der Waals surface area contributed by atoms with E-state index < -0.39 is 0 Å². The van der Waals surface area contributed by atoms with E-state index in [2.05, 4.69) is 0 Å². The van der Waals surface area contributed by atoms with Crippen LogP contribution in [0.3, 0.4) is 0 Å². The first-order valence-electron chi connectivity index (χ1n) is 5.85. The topological polar surface area (TPSA) is 20.2 Å². The van der Waals surface area contributed by atoms with Gasteiger partial charge in [-0.2, -0.15) is 0 Å². The highest BCUT2D eigenvalue weighted by molar-refractivity contribution is 8.00. The summed E-state index contributed by atoms with van der Waals surface area (Å²) in [4.78, 5) is 1.16. The van der Waals surface area contributed by atoms with Crippen LogP contribution >= 0.6 is 23.4 Å². The molecule has 1 nitrogen and oxygen atoms in total. The molecule has 1 saturated carbocycles. The third-order valence-corrected chi connectivity index (χ3v) is 4.86. The first kappa shape index (κ1) is 12.3. The van der Waals surface area contributed by atoms with Gasteiger partial charge in [-0.25, -0.2) is 0 Å². The Kier molecular flexibility index (Phi) is 4.56. The summed E-state index contributed by atoms with van der Waals surface area (Å²) in [5, 5.41) is 10.5. The fraction of sp³-hybridized carbons (Fsp3) is 0.538. The lowest BCUT2D eigenvalue weighted by Gasteiger charge is -2.21. The van der Waals surface area contributed by atoms with E-state index in [1.165, 1.54) is 32.1 Å². The summed E-state index contributed by atoms with van der Waals surface area (Å²) < 4.78 is 0. The van der Waals surface area contributed by atoms with Crippen LogP contribution in [-0.2, 0) is 6.61 Å². The molecule has 1 aliphatic carbocycles. The van der Waals surface area contributed by atoms with Gasteiger partial charge in [0, 0.05) is 10.1 Å². The van der Waals surface area contributed by atoms with Crippen molar-refractivity contribution in [1.29, 1.82) is 0 Å². The first-order chi connectivity index (χ1) is 7.79. The molecule has 0 unspecified atom stereocenters. The summed E-state index contributed by atoms with van der Waals surface area (Å²) in [5.74, 6) is 0. The van der Waals surface area contributed by atoms with E-state index in [0.29, 0.717) is 0 Å². The zero-order chi connectivity index (χ0) is 11.4. The van der Waals surface area contributed by atoms with E-state index in [-0.39, 0.29) is 6.61 Å². The van der Waals surface area contributed by atoms with Crippen molar-refractivity contribution in [2.24, 2.45) is 0 Å². The highest BCUT2D eigenvalue weighted by Crippen LogP contribution is 2.37. The normalized spacial score (nSPS) is 17.6. The molecular formula is C13H17ClOS. The third-order valence-electron chi connectivity index (χ3n) is 3.02. The average molecular weight is 257 g/mol. The largest absolute Gasteiger partial charge is 0.392 e. The second-order valence-corrected chi connectivity index (χ2v) is 6.05. The Labute approximate surface area is 106 Å². The van der Waals surface area contributed by atoms with E-state index in [0.717, 1.165) is 20.7 Å². The van der Waals surface area contributed by atoms with Gasteiger partial charge >= 0.3 is 0 Å². The highest BCUT2D eigenvalue weighted by Gasteiger charge is 2.15. The fourth-order valence-corrected chi connectivity index (χ4v) is 3.68. The van der Waals surface area contributed by atoms with Gasteiger partial charge in [-0.3, -0.25) is 0 Å². The monoisotopic (exact) mass is 256 g/mol. The lowest BCUT2D eigenvalue weighted by molar-refractivity contribution is 0.282. The van der Waals surface area contributed by atoms with Crippen molar-refractivity contribution in [1.82, 2.24) is 0 Å². The van der Waals surface area contributed by atoms with Gasteiger partial charge in [0.2, 0.25) is 0 Å². The lowest BCUT2D eigenvalue weighted by Crippen LogP contribution is -2.07. The molecule has 16 heavy (non-hydrogen) atoms. The molecule has 0 saturated heterocycles. The van der Waals surface area contributed by atoms with Gasteiger partial charge in [0.05, 0.1) is 11.6 Å². The Balaban J connectivity index is 2.03. The summed E-state index contributed by atoms with van der Waals surface area (Å²) in [5.41, 5.74) is 0.887. The molecule has 1 aromatic rings. The number of rotatable bonds is 3. The third kappa shape index (κ3) is 3.16. The SMILES string of the molecule is OCc1ccc(SC2CCCCC2)c(Cl)c1. The second kappa shape index (κ2) is 5.95. The van der Waals surface area contributed by atoms with Gasteiger partial charge in [-0.15, -0.1) is 11.8 Å². The smallest absolute Gasteiger partial charge is 0.0682 e. The minimum Gasteiger partial charge on any atom is -0.392 e. The molecule has 1 fully saturated rings. The maximum atomic E-state index is 9.01. The van der Waals surface area contributed by atoms with E-state index in [4.69, 9.17) is 16.7 Å². The minimum absolute atomic E-state index is 0.0636. The molecule has 1 aromatic carbocycles. The van der Waals surface area contributed by atoms with E-state index in [1.54, 1.807) is 0 Å². The van der Waals surface area contributed by atoms with Crippen molar-refractivity contribution in [3.63, 3.8) is 0 Å². The summed E-state index contributed by atoms with van der Waals surface area (Å²) in [6.07, 6.45) is 6.70. The number of halogens is 1. The van der Waals surface area contributed by atoms with Crippen LogP contribution in [0.25, 0.3) is 0 Å². The summed E-state index contributed by atoms with van der Waals surface area (Å²) in [6.45, 7) is 0.0636. The molecule has 2 rings (SSSR count). The average Bonchev–Trinajstić information content (AvgIpc) is 2.33. The van der Waals surface area contributed by atoms with Gasteiger partial charge in [-0.05, 0) is 30.5 Å². The maximum absolute atomic E-state index is 9.01. The fourth-order valence-electron chi connectivity index (χ4n) is 2.10.